The average molecular weight is 278 g/mol. The molecule has 0 spiro atoms. The van der Waals surface area contributed by atoms with Gasteiger partial charge in [0, 0.05) is 12.0 Å². The van der Waals surface area contributed by atoms with Crippen molar-refractivity contribution in [2.75, 3.05) is 0 Å². The van der Waals surface area contributed by atoms with Crippen LogP contribution in [-0.4, -0.2) is 23.8 Å². The maximum atomic E-state index is 12.1. The largest absolute Gasteiger partial charge is 0.340 e. The third-order valence-corrected chi connectivity index (χ3v) is 2.96. The van der Waals surface area contributed by atoms with Crippen LogP contribution < -0.4 is 10.6 Å². The number of piperidine rings is 1. The molecule has 1 rings (SSSR count). The lowest BCUT2D eigenvalue weighted by molar-refractivity contribution is -0.136. The van der Waals surface area contributed by atoms with Gasteiger partial charge >= 0.3 is 0 Å². The van der Waals surface area contributed by atoms with Gasteiger partial charge in [-0.15, -0.1) is 0 Å². The summed E-state index contributed by atoms with van der Waals surface area (Å²) in [6.07, 6.45) is 6.78. The van der Waals surface area contributed by atoms with E-state index in [1.54, 1.807) is 12.2 Å². The summed E-state index contributed by atoms with van der Waals surface area (Å²) < 4.78 is 0. The number of nitrogens with one attached hydrogen (secondary N) is 2. The Kier molecular flexibility index (Phi) is 6.15. The predicted molar refractivity (Wildman–Crippen MR) is 76.7 cm³/mol. The van der Waals surface area contributed by atoms with Crippen molar-refractivity contribution in [2.24, 2.45) is 5.92 Å². The maximum Gasteiger partial charge on any atom is 0.251 e. The Bertz CT molecular complexity index is 450. The SMILES string of the molecule is C/C=C\C(=CCC(C)C)C(=O)NC1CCC(=O)NC1=O. The van der Waals surface area contributed by atoms with Gasteiger partial charge in [0.15, 0.2) is 0 Å². The van der Waals surface area contributed by atoms with Gasteiger partial charge in [-0.3, -0.25) is 19.7 Å². The normalized spacial score (nSPS) is 20.4. The van der Waals surface area contributed by atoms with Crippen LogP contribution in [0.2, 0.25) is 0 Å². The fourth-order valence-electron chi connectivity index (χ4n) is 1.85. The van der Waals surface area contributed by atoms with Gasteiger partial charge in [-0.2, -0.15) is 0 Å². The standard InChI is InChI=1S/C15H22N2O3/c1-4-5-11(7-6-10(2)3)14(19)16-12-8-9-13(18)17-15(12)20/h4-5,7,10,12H,6,8-9H2,1-3H3,(H,16,19)(H,17,18,20)/b5-4-,11-7?. The molecule has 1 unspecified atom stereocenters. The first-order chi connectivity index (χ1) is 9.43. The zero-order chi connectivity index (χ0) is 15.1. The van der Waals surface area contributed by atoms with Crippen LogP contribution in [0.3, 0.4) is 0 Å². The Morgan fingerprint density at radius 3 is 2.70 bits per heavy atom. The van der Waals surface area contributed by atoms with Crippen molar-refractivity contribution >= 4 is 17.7 Å². The number of hydrogen-bond donors (Lipinski definition) is 2. The zero-order valence-electron chi connectivity index (χ0n) is 12.2. The minimum absolute atomic E-state index is 0.255. The van der Waals surface area contributed by atoms with Crippen LogP contribution in [0.4, 0.5) is 0 Å². The third kappa shape index (κ3) is 4.99. The summed E-state index contributed by atoms with van der Waals surface area (Å²) in [5.74, 6) is -0.542. The molecule has 20 heavy (non-hydrogen) atoms. The number of carbonyl (C=O) groups excluding carboxylic acids is 3. The van der Waals surface area contributed by atoms with Gasteiger partial charge in [-0.05, 0) is 25.7 Å². The molecule has 0 aromatic rings. The fourth-order valence-corrected chi connectivity index (χ4v) is 1.85. The monoisotopic (exact) mass is 278 g/mol. The van der Waals surface area contributed by atoms with Crippen LogP contribution in [0.1, 0.15) is 40.0 Å². The van der Waals surface area contributed by atoms with Gasteiger partial charge in [0.2, 0.25) is 11.8 Å². The summed E-state index contributed by atoms with van der Waals surface area (Å²) in [4.78, 5) is 34.8. The van der Waals surface area contributed by atoms with Gasteiger partial charge < -0.3 is 5.32 Å². The van der Waals surface area contributed by atoms with Gasteiger partial charge in [0.1, 0.15) is 6.04 Å². The molecule has 0 aromatic heterocycles. The highest BCUT2D eigenvalue weighted by atomic mass is 16.2. The van der Waals surface area contributed by atoms with E-state index in [1.165, 1.54) is 0 Å². The molecule has 0 aliphatic carbocycles. The minimum Gasteiger partial charge on any atom is -0.340 e. The third-order valence-electron chi connectivity index (χ3n) is 2.96. The number of amides is 3. The summed E-state index contributed by atoms with van der Waals surface area (Å²) in [7, 11) is 0. The summed E-state index contributed by atoms with van der Waals surface area (Å²) in [5.41, 5.74) is 0.547. The molecule has 1 atom stereocenters. The second-order valence-electron chi connectivity index (χ2n) is 5.27. The first-order valence-corrected chi connectivity index (χ1v) is 6.91. The van der Waals surface area contributed by atoms with E-state index in [0.717, 1.165) is 6.42 Å². The summed E-state index contributed by atoms with van der Waals surface area (Å²) in [5, 5.41) is 4.90. The van der Waals surface area contributed by atoms with Gasteiger partial charge in [-0.1, -0.05) is 32.1 Å². The van der Waals surface area contributed by atoms with Crippen molar-refractivity contribution in [3.05, 3.63) is 23.8 Å². The molecular formula is C15H22N2O3. The molecule has 1 aliphatic rings. The van der Waals surface area contributed by atoms with Crippen LogP contribution in [0.25, 0.3) is 0 Å². The Hall–Kier alpha value is -1.91. The number of carbonyl (C=O) groups is 3. The van der Waals surface area contributed by atoms with Crippen LogP contribution in [0.5, 0.6) is 0 Å². The fraction of sp³-hybridized carbons (Fsp3) is 0.533. The average Bonchev–Trinajstić information content (AvgIpc) is 2.37. The summed E-state index contributed by atoms with van der Waals surface area (Å²) in [6, 6.07) is -0.632. The van der Waals surface area contributed by atoms with Gasteiger partial charge in [-0.25, -0.2) is 0 Å². The molecule has 1 heterocycles. The van der Waals surface area contributed by atoms with Crippen molar-refractivity contribution in [1.29, 1.82) is 0 Å². The molecule has 1 saturated heterocycles. The van der Waals surface area contributed by atoms with Crippen molar-refractivity contribution in [1.82, 2.24) is 10.6 Å². The van der Waals surface area contributed by atoms with E-state index in [1.807, 2.05) is 13.0 Å². The lowest BCUT2D eigenvalue weighted by Crippen LogP contribution is -2.52. The van der Waals surface area contributed by atoms with Crippen LogP contribution in [0, 0.1) is 5.92 Å². The number of imide groups is 1. The van der Waals surface area contributed by atoms with E-state index in [9.17, 15) is 14.4 Å². The van der Waals surface area contributed by atoms with E-state index in [0.29, 0.717) is 17.9 Å². The quantitative estimate of drug-likeness (QED) is 0.454. The smallest absolute Gasteiger partial charge is 0.251 e. The molecule has 0 bridgehead atoms. The van der Waals surface area contributed by atoms with E-state index < -0.39 is 11.9 Å². The lowest BCUT2D eigenvalue weighted by Gasteiger charge is -2.22. The van der Waals surface area contributed by atoms with E-state index in [-0.39, 0.29) is 18.2 Å². The van der Waals surface area contributed by atoms with E-state index >= 15 is 0 Å². The molecular weight excluding hydrogens is 256 g/mol. The number of rotatable bonds is 5. The van der Waals surface area contributed by atoms with Crippen molar-refractivity contribution in [2.45, 2.75) is 46.1 Å². The topological polar surface area (TPSA) is 75.3 Å². The van der Waals surface area contributed by atoms with Crippen molar-refractivity contribution < 1.29 is 14.4 Å². The highest BCUT2D eigenvalue weighted by molar-refractivity contribution is 6.04. The molecule has 1 aliphatic heterocycles. The Morgan fingerprint density at radius 1 is 1.45 bits per heavy atom. The molecule has 0 radical (unpaired) electrons. The molecule has 2 N–H and O–H groups in total. The molecule has 0 saturated carbocycles. The highest BCUT2D eigenvalue weighted by Gasteiger charge is 2.28. The van der Waals surface area contributed by atoms with Crippen molar-refractivity contribution in [3.8, 4) is 0 Å². The Morgan fingerprint density at radius 2 is 2.15 bits per heavy atom. The Balaban J connectivity index is 2.69. The molecule has 0 aromatic carbocycles. The molecule has 5 heteroatoms. The van der Waals surface area contributed by atoms with Crippen LogP contribution >= 0.6 is 0 Å². The summed E-state index contributed by atoms with van der Waals surface area (Å²) in [6.45, 7) is 5.98. The maximum absolute atomic E-state index is 12.1. The Labute approximate surface area is 119 Å². The second-order valence-corrected chi connectivity index (χ2v) is 5.27. The molecule has 3 amide bonds. The van der Waals surface area contributed by atoms with Crippen molar-refractivity contribution in [3.63, 3.8) is 0 Å². The second kappa shape index (κ2) is 7.62. The molecule has 1 fully saturated rings. The lowest BCUT2D eigenvalue weighted by atomic mass is 10.0. The number of hydrogen-bond acceptors (Lipinski definition) is 3. The zero-order valence-corrected chi connectivity index (χ0v) is 12.2. The minimum atomic E-state index is -0.632. The molecule has 5 nitrogen and oxygen atoms in total. The van der Waals surface area contributed by atoms with E-state index in [2.05, 4.69) is 24.5 Å². The summed E-state index contributed by atoms with van der Waals surface area (Å²) >= 11 is 0. The first kappa shape index (κ1) is 16.1. The van der Waals surface area contributed by atoms with Gasteiger partial charge in [0.05, 0.1) is 0 Å². The molecule has 110 valence electrons. The van der Waals surface area contributed by atoms with E-state index in [4.69, 9.17) is 0 Å². The van der Waals surface area contributed by atoms with Crippen LogP contribution in [0.15, 0.2) is 23.8 Å². The van der Waals surface area contributed by atoms with Gasteiger partial charge in [0.25, 0.3) is 5.91 Å². The predicted octanol–water partition coefficient (Wildman–Crippen LogP) is 1.46. The van der Waals surface area contributed by atoms with Crippen LogP contribution in [-0.2, 0) is 14.4 Å². The number of allylic oxidation sites excluding steroid dienone is 2. The highest BCUT2D eigenvalue weighted by Crippen LogP contribution is 2.09. The first-order valence-electron chi connectivity index (χ1n) is 6.91.